The van der Waals surface area contributed by atoms with Gasteiger partial charge in [0.05, 0.1) is 10.6 Å². The van der Waals surface area contributed by atoms with Gasteiger partial charge in [-0.25, -0.2) is 4.68 Å². The summed E-state index contributed by atoms with van der Waals surface area (Å²) in [5.41, 5.74) is 6.67. The van der Waals surface area contributed by atoms with Crippen LogP contribution in [0.3, 0.4) is 0 Å². The van der Waals surface area contributed by atoms with Gasteiger partial charge in [0.15, 0.2) is 0 Å². The Hall–Kier alpha value is -2.54. The second-order valence-corrected chi connectivity index (χ2v) is 4.00. The quantitative estimate of drug-likeness (QED) is 0.649. The average Bonchev–Trinajstić information content (AvgIpc) is 2.41. The monoisotopic (exact) mass is 260 g/mol. The predicted molar refractivity (Wildman–Crippen MR) is 69.5 cm³/mol. The van der Waals surface area contributed by atoms with Gasteiger partial charge < -0.3 is 5.73 Å². The Morgan fingerprint density at radius 1 is 1.42 bits per heavy atom. The molecule has 2 N–H and O–H groups in total. The smallest absolute Gasteiger partial charge is 0.271 e. The second kappa shape index (κ2) is 4.99. The van der Waals surface area contributed by atoms with Crippen molar-refractivity contribution < 1.29 is 4.92 Å². The number of nitro groups is 1. The van der Waals surface area contributed by atoms with Crippen LogP contribution in [0.1, 0.15) is 5.56 Å². The second-order valence-electron chi connectivity index (χ2n) is 4.00. The van der Waals surface area contributed by atoms with Crippen molar-refractivity contribution in [2.45, 2.75) is 6.54 Å². The highest BCUT2D eigenvalue weighted by atomic mass is 16.6. The number of non-ortho nitro benzene ring substituents is 1. The molecule has 1 aromatic carbocycles. The van der Waals surface area contributed by atoms with E-state index in [4.69, 9.17) is 5.73 Å². The van der Waals surface area contributed by atoms with E-state index in [9.17, 15) is 14.9 Å². The summed E-state index contributed by atoms with van der Waals surface area (Å²) in [5, 5.41) is 14.8. The van der Waals surface area contributed by atoms with Gasteiger partial charge in [0, 0.05) is 36.9 Å². The summed E-state index contributed by atoms with van der Waals surface area (Å²) in [6.45, 7) is 0.0944. The van der Waals surface area contributed by atoms with Gasteiger partial charge in [-0.3, -0.25) is 14.9 Å². The van der Waals surface area contributed by atoms with Gasteiger partial charge in [-0.1, -0.05) is 12.1 Å². The first-order valence-corrected chi connectivity index (χ1v) is 5.55. The van der Waals surface area contributed by atoms with Gasteiger partial charge in [0.25, 0.3) is 11.2 Å². The maximum Gasteiger partial charge on any atom is 0.271 e. The fourth-order valence-electron chi connectivity index (χ4n) is 1.74. The number of nitrogens with zero attached hydrogens (tertiary/aromatic N) is 3. The molecule has 0 unspecified atom stereocenters. The number of aryl methyl sites for hydroxylation is 1. The molecule has 0 bridgehead atoms. The lowest BCUT2D eigenvalue weighted by Gasteiger charge is -2.06. The Labute approximate surface area is 108 Å². The third-order valence-corrected chi connectivity index (χ3v) is 2.71. The number of benzene rings is 1. The first kappa shape index (κ1) is 12.9. The largest absolute Gasteiger partial charge is 0.326 e. The molecule has 7 heteroatoms. The van der Waals surface area contributed by atoms with Crippen molar-refractivity contribution >= 4 is 5.69 Å². The Morgan fingerprint density at radius 3 is 2.79 bits per heavy atom. The highest BCUT2D eigenvalue weighted by Crippen LogP contribution is 2.21. The molecule has 0 fully saturated rings. The molecule has 0 aliphatic carbocycles. The van der Waals surface area contributed by atoms with Gasteiger partial charge in [0.2, 0.25) is 0 Å². The van der Waals surface area contributed by atoms with Crippen LogP contribution in [0, 0.1) is 10.1 Å². The number of nitro benzene ring substituents is 1. The van der Waals surface area contributed by atoms with Crippen LogP contribution in [-0.2, 0) is 13.6 Å². The normalized spacial score (nSPS) is 10.4. The Morgan fingerprint density at radius 2 is 2.16 bits per heavy atom. The van der Waals surface area contributed by atoms with E-state index in [-0.39, 0.29) is 17.8 Å². The molecule has 2 rings (SSSR count). The summed E-state index contributed by atoms with van der Waals surface area (Å²) in [6, 6.07) is 7.63. The van der Waals surface area contributed by atoms with Crippen LogP contribution >= 0.6 is 0 Å². The first-order valence-electron chi connectivity index (χ1n) is 5.55. The van der Waals surface area contributed by atoms with Gasteiger partial charge >= 0.3 is 0 Å². The summed E-state index contributed by atoms with van der Waals surface area (Å²) in [5.74, 6) is 0. The van der Waals surface area contributed by atoms with Crippen molar-refractivity contribution in [2.75, 3.05) is 0 Å². The zero-order valence-corrected chi connectivity index (χ0v) is 10.2. The molecule has 1 aromatic heterocycles. The van der Waals surface area contributed by atoms with Crippen LogP contribution in [0.4, 0.5) is 5.69 Å². The third kappa shape index (κ3) is 2.50. The molecule has 1 heterocycles. The lowest BCUT2D eigenvalue weighted by molar-refractivity contribution is -0.384. The zero-order valence-electron chi connectivity index (χ0n) is 10.2. The topological polar surface area (TPSA) is 104 Å². The van der Waals surface area contributed by atoms with E-state index in [1.807, 2.05) is 0 Å². The van der Waals surface area contributed by atoms with Crippen molar-refractivity contribution in [3.05, 3.63) is 56.4 Å². The highest BCUT2D eigenvalue weighted by Gasteiger charge is 2.10. The summed E-state index contributed by atoms with van der Waals surface area (Å²) in [6.07, 6.45) is 0. The molecule has 0 spiro atoms. The fraction of sp³-hybridized carbons (Fsp3) is 0.167. The fourth-order valence-corrected chi connectivity index (χ4v) is 1.74. The number of nitrogens with two attached hydrogens (primary N) is 1. The average molecular weight is 260 g/mol. The summed E-state index contributed by atoms with van der Waals surface area (Å²) >= 11 is 0. The van der Waals surface area contributed by atoms with Crippen molar-refractivity contribution in [1.29, 1.82) is 0 Å². The van der Waals surface area contributed by atoms with Crippen LogP contribution in [0.15, 0.2) is 35.1 Å². The Balaban J connectivity index is 2.59. The Bertz CT molecular complexity index is 694. The molecule has 0 aliphatic rings. The molecule has 7 nitrogen and oxygen atoms in total. The molecule has 19 heavy (non-hydrogen) atoms. The molecule has 2 aromatic rings. The molecular weight excluding hydrogens is 248 g/mol. The van der Waals surface area contributed by atoms with Crippen molar-refractivity contribution in [2.24, 2.45) is 12.8 Å². The van der Waals surface area contributed by atoms with Crippen LogP contribution in [0.2, 0.25) is 0 Å². The maximum atomic E-state index is 11.7. The minimum Gasteiger partial charge on any atom is -0.326 e. The lowest BCUT2D eigenvalue weighted by Crippen LogP contribution is -2.25. The molecule has 0 amide bonds. The highest BCUT2D eigenvalue weighted by molar-refractivity contribution is 5.62. The van der Waals surface area contributed by atoms with E-state index in [0.717, 1.165) is 0 Å². The molecule has 0 saturated carbocycles. The van der Waals surface area contributed by atoms with Gasteiger partial charge in [-0.2, -0.15) is 5.10 Å². The third-order valence-electron chi connectivity index (χ3n) is 2.71. The van der Waals surface area contributed by atoms with Crippen LogP contribution in [0.25, 0.3) is 11.3 Å². The molecule has 0 aliphatic heterocycles. The SMILES string of the molecule is Cn1nc(-c2cccc([N+](=O)[O-])c2)cc(CN)c1=O. The van der Waals surface area contributed by atoms with E-state index in [1.54, 1.807) is 18.2 Å². The van der Waals surface area contributed by atoms with Crippen molar-refractivity contribution in [1.82, 2.24) is 9.78 Å². The lowest BCUT2D eigenvalue weighted by atomic mass is 10.1. The number of rotatable bonds is 3. The molecule has 0 atom stereocenters. The maximum absolute atomic E-state index is 11.7. The minimum atomic E-state index is -0.477. The van der Waals surface area contributed by atoms with Gasteiger partial charge in [-0.15, -0.1) is 0 Å². The number of hydrogen-bond donors (Lipinski definition) is 1. The van der Waals surface area contributed by atoms with Crippen LogP contribution in [-0.4, -0.2) is 14.7 Å². The number of aromatic nitrogens is 2. The van der Waals surface area contributed by atoms with E-state index in [0.29, 0.717) is 16.8 Å². The number of hydrogen-bond acceptors (Lipinski definition) is 5. The summed E-state index contributed by atoms with van der Waals surface area (Å²) < 4.78 is 1.18. The van der Waals surface area contributed by atoms with Gasteiger partial charge in [0.1, 0.15) is 0 Å². The minimum absolute atomic E-state index is 0.0255. The molecule has 0 radical (unpaired) electrons. The van der Waals surface area contributed by atoms with E-state index in [2.05, 4.69) is 5.10 Å². The van der Waals surface area contributed by atoms with Crippen LogP contribution < -0.4 is 11.3 Å². The zero-order chi connectivity index (χ0) is 14.0. The van der Waals surface area contributed by atoms with E-state index in [1.165, 1.54) is 23.9 Å². The van der Waals surface area contributed by atoms with Crippen molar-refractivity contribution in [3.8, 4) is 11.3 Å². The standard InChI is InChI=1S/C12H12N4O3/c1-15-12(17)9(7-13)6-11(14-15)8-3-2-4-10(5-8)16(18)19/h2-6H,7,13H2,1H3. The summed E-state index contributed by atoms with van der Waals surface area (Å²) in [7, 11) is 1.52. The molecule has 0 saturated heterocycles. The summed E-state index contributed by atoms with van der Waals surface area (Å²) in [4.78, 5) is 21.9. The first-order chi connectivity index (χ1) is 9.02. The van der Waals surface area contributed by atoms with Gasteiger partial charge in [-0.05, 0) is 6.07 Å². The predicted octanol–water partition coefficient (Wildman–Crippen LogP) is 0.814. The van der Waals surface area contributed by atoms with Crippen LogP contribution in [0.5, 0.6) is 0 Å². The Kier molecular flexibility index (Phi) is 3.39. The van der Waals surface area contributed by atoms with Crippen molar-refractivity contribution in [3.63, 3.8) is 0 Å². The van der Waals surface area contributed by atoms with E-state index >= 15 is 0 Å². The molecular formula is C12H12N4O3. The molecule has 98 valence electrons. The van der Waals surface area contributed by atoms with E-state index < -0.39 is 4.92 Å².